The summed E-state index contributed by atoms with van der Waals surface area (Å²) in [6.45, 7) is 6.60. The zero-order chi connectivity index (χ0) is 15.5. The molecule has 0 N–H and O–H groups in total. The predicted molar refractivity (Wildman–Crippen MR) is 79.7 cm³/mol. The Bertz CT molecular complexity index is 630. The van der Waals surface area contributed by atoms with E-state index in [9.17, 15) is 8.42 Å². The summed E-state index contributed by atoms with van der Waals surface area (Å²) in [4.78, 5) is 2.42. The van der Waals surface area contributed by atoms with Gasteiger partial charge in [-0.15, -0.1) is 0 Å². The highest BCUT2D eigenvalue weighted by Gasteiger charge is 2.31. The number of sulfone groups is 1. The lowest BCUT2D eigenvalue weighted by Crippen LogP contribution is -2.54. The van der Waals surface area contributed by atoms with Crippen molar-refractivity contribution in [1.82, 2.24) is 4.90 Å². The average Bonchev–Trinajstić information content (AvgIpc) is 2.46. The number of morpholine rings is 1. The Morgan fingerprint density at radius 3 is 2.57 bits per heavy atom. The van der Waals surface area contributed by atoms with E-state index in [0.717, 1.165) is 6.54 Å². The van der Waals surface area contributed by atoms with Crippen LogP contribution in [0.5, 0.6) is 0 Å². The van der Waals surface area contributed by atoms with Gasteiger partial charge in [-0.3, -0.25) is 4.90 Å². The van der Waals surface area contributed by atoms with Crippen molar-refractivity contribution in [2.45, 2.75) is 24.3 Å². The van der Waals surface area contributed by atoms with Gasteiger partial charge in [0.1, 0.15) is 0 Å². The van der Waals surface area contributed by atoms with Gasteiger partial charge in [-0.25, -0.2) is 8.42 Å². The molecule has 0 amide bonds. The molecule has 6 heteroatoms. The minimum Gasteiger partial charge on any atom is -0.378 e. The van der Waals surface area contributed by atoms with Crippen LogP contribution in [0.25, 0.3) is 0 Å². The Morgan fingerprint density at radius 1 is 1.33 bits per heavy atom. The number of nitriles is 1. The summed E-state index contributed by atoms with van der Waals surface area (Å²) in [7, 11) is -3.33. The lowest BCUT2D eigenvalue weighted by molar-refractivity contribution is -0.0477. The fraction of sp³-hybridized carbons (Fsp3) is 0.533. The number of hydrogen-bond acceptors (Lipinski definition) is 5. The van der Waals surface area contributed by atoms with Crippen LogP contribution in [0.2, 0.25) is 0 Å². The Morgan fingerprint density at radius 2 is 2.00 bits per heavy atom. The van der Waals surface area contributed by atoms with Crippen molar-refractivity contribution in [3.63, 3.8) is 0 Å². The topological polar surface area (TPSA) is 70.4 Å². The van der Waals surface area contributed by atoms with Gasteiger partial charge in [-0.1, -0.05) is 0 Å². The molecule has 0 spiro atoms. The van der Waals surface area contributed by atoms with Gasteiger partial charge in [0.25, 0.3) is 0 Å². The molecule has 5 nitrogen and oxygen atoms in total. The molecule has 2 rings (SSSR count). The van der Waals surface area contributed by atoms with Crippen LogP contribution in [0.15, 0.2) is 29.2 Å². The molecule has 1 aromatic carbocycles. The first-order valence-electron chi connectivity index (χ1n) is 6.91. The van der Waals surface area contributed by atoms with Crippen molar-refractivity contribution >= 4 is 9.84 Å². The average molecular weight is 308 g/mol. The second-order valence-corrected chi connectivity index (χ2v) is 7.92. The van der Waals surface area contributed by atoms with Crippen LogP contribution in [0.1, 0.15) is 19.4 Å². The number of hydrogen-bond donors (Lipinski definition) is 0. The largest absolute Gasteiger partial charge is 0.378 e. The van der Waals surface area contributed by atoms with E-state index < -0.39 is 9.84 Å². The molecule has 0 radical (unpaired) electrons. The summed E-state index contributed by atoms with van der Waals surface area (Å²) in [6.07, 6.45) is 0. The van der Waals surface area contributed by atoms with Crippen molar-refractivity contribution < 1.29 is 13.2 Å². The molecule has 1 aliphatic heterocycles. The second-order valence-electron chi connectivity index (χ2n) is 5.81. The third-order valence-corrected chi connectivity index (χ3v) is 5.50. The lowest BCUT2D eigenvalue weighted by Gasteiger charge is -2.42. The van der Waals surface area contributed by atoms with Gasteiger partial charge in [-0.05, 0) is 38.1 Å². The fourth-order valence-corrected chi connectivity index (χ4v) is 3.64. The first-order chi connectivity index (χ1) is 9.85. The molecule has 1 aliphatic rings. The van der Waals surface area contributed by atoms with Crippen molar-refractivity contribution in [3.05, 3.63) is 29.8 Å². The number of nitrogens with zero attached hydrogens (tertiary/aromatic N) is 2. The van der Waals surface area contributed by atoms with Crippen LogP contribution in [-0.4, -0.2) is 50.9 Å². The molecular weight excluding hydrogens is 288 g/mol. The van der Waals surface area contributed by atoms with E-state index in [1.165, 1.54) is 24.3 Å². The van der Waals surface area contributed by atoms with Crippen LogP contribution < -0.4 is 0 Å². The number of ether oxygens (including phenoxy) is 1. The lowest BCUT2D eigenvalue weighted by atomic mass is 10.0. The van der Waals surface area contributed by atoms with Crippen LogP contribution in [-0.2, 0) is 14.6 Å². The minimum atomic E-state index is -3.33. The van der Waals surface area contributed by atoms with Crippen LogP contribution in [0.3, 0.4) is 0 Å². The summed E-state index contributed by atoms with van der Waals surface area (Å²) >= 11 is 0. The van der Waals surface area contributed by atoms with E-state index in [1.807, 2.05) is 6.07 Å². The SMILES string of the molecule is CC1(C)COCCN1CCS(=O)(=O)c1ccc(C#N)cc1. The van der Waals surface area contributed by atoms with Gasteiger partial charge in [0.05, 0.1) is 35.5 Å². The summed E-state index contributed by atoms with van der Waals surface area (Å²) in [5, 5.41) is 8.74. The maximum Gasteiger partial charge on any atom is 0.179 e. The molecule has 1 fully saturated rings. The van der Waals surface area contributed by atoms with E-state index in [0.29, 0.717) is 25.3 Å². The van der Waals surface area contributed by atoms with Gasteiger partial charge >= 0.3 is 0 Å². The predicted octanol–water partition coefficient (Wildman–Crippen LogP) is 1.44. The monoisotopic (exact) mass is 308 g/mol. The van der Waals surface area contributed by atoms with E-state index >= 15 is 0 Å². The Hall–Kier alpha value is -1.42. The minimum absolute atomic E-state index is 0.0718. The molecule has 114 valence electrons. The summed E-state index contributed by atoms with van der Waals surface area (Å²) in [6, 6.07) is 8.05. The van der Waals surface area contributed by atoms with E-state index in [1.54, 1.807) is 0 Å². The molecule has 21 heavy (non-hydrogen) atoms. The molecule has 0 aromatic heterocycles. The Kier molecular flexibility index (Phi) is 4.67. The second kappa shape index (κ2) is 6.14. The fourth-order valence-electron chi connectivity index (χ4n) is 2.39. The Balaban J connectivity index is 2.05. The van der Waals surface area contributed by atoms with E-state index in [2.05, 4.69) is 18.7 Å². The molecule has 0 unspecified atom stereocenters. The van der Waals surface area contributed by atoms with Crippen LogP contribution in [0, 0.1) is 11.3 Å². The quantitative estimate of drug-likeness (QED) is 0.842. The van der Waals surface area contributed by atoms with E-state index in [-0.39, 0.29) is 16.2 Å². The molecule has 1 aromatic rings. The molecule has 0 aliphatic carbocycles. The van der Waals surface area contributed by atoms with Crippen LogP contribution >= 0.6 is 0 Å². The molecule has 0 saturated carbocycles. The van der Waals surface area contributed by atoms with Crippen molar-refractivity contribution in [2.75, 3.05) is 32.1 Å². The van der Waals surface area contributed by atoms with Crippen molar-refractivity contribution in [3.8, 4) is 6.07 Å². The first kappa shape index (κ1) is 16.0. The van der Waals surface area contributed by atoms with Crippen molar-refractivity contribution in [2.24, 2.45) is 0 Å². The van der Waals surface area contributed by atoms with Gasteiger partial charge in [0.2, 0.25) is 0 Å². The molecule has 1 saturated heterocycles. The maximum absolute atomic E-state index is 12.3. The highest BCUT2D eigenvalue weighted by Crippen LogP contribution is 2.20. The Labute approximate surface area is 126 Å². The number of benzene rings is 1. The van der Waals surface area contributed by atoms with Gasteiger partial charge in [0.15, 0.2) is 9.84 Å². The highest BCUT2D eigenvalue weighted by atomic mass is 32.2. The third kappa shape index (κ3) is 3.82. The highest BCUT2D eigenvalue weighted by molar-refractivity contribution is 7.91. The molecule has 1 heterocycles. The number of rotatable bonds is 4. The third-order valence-electron chi connectivity index (χ3n) is 3.79. The molecular formula is C15H20N2O3S. The first-order valence-corrected chi connectivity index (χ1v) is 8.56. The van der Waals surface area contributed by atoms with Gasteiger partial charge < -0.3 is 4.74 Å². The zero-order valence-corrected chi connectivity index (χ0v) is 13.2. The van der Waals surface area contributed by atoms with Crippen LogP contribution in [0.4, 0.5) is 0 Å². The summed E-state index contributed by atoms with van der Waals surface area (Å²) < 4.78 is 30.1. The standard InChI is InChI=1S/C15H20N2O3S/c1-15(2)12-20-9-7-17(15)8-10-21(18,19)14-5-3-13(11-16)4-6-14/h3-6H,7-10,12H2,1-2H3. The molecule has 0 atom stereocenters. The normalized spacial score (nSPS) is 19.1. The summed E-state index contributed by atoms with van der Waals surface area (Å²) in [5.41, 5.74) is 0.321. The van der Waals surface area contributed by atoms with Gasteiger partial charge in [-0.2, -0.15) is 5.26 Å². The zero-order valence-electron chi connectivity index (χ0n) is 12.4. The maximum atomic E-state index is 12.3. The summed E-state index contributed by atoms with van der Waals surface area (Å²) in [5.74, 6) is 0.0718. The van der Waals surface area contributed by atoms with Crippen molar-refractivity contribution in [1.29, 1.82) is 5.26 Å². The van der Waals surface area contributed by atoms with E-state index in [4.69, 9.17) is 10.00 Å². The smallest absolute Gasteiger partial charge is 0.179 e. The molecule has 0 bridgehead atoms. The van der Waals surface area contributed by atoms with Gasteiger partial charge in [0, 0.05) is 18.6 Å².